The van der Waals surface area contributed by atoms with E-state index in [9.17, 15) is 9.90 Å². The monoisotopic (exact) mass is 236 g/mol. The van der Waals surface area contributed by atoms with E-state index in [1.165, 1.54) is 20.0 Å². The molecule has 3 heteroatoms. The van der Waals surface area contributed by atoms with Crippen LogP contribution in [-0.4, -0.2) is 18.2 Å². The van der Waals surface area contributed by atoms with E-state index < -0.39 is 0 Å². The van der Waals surface area contributed by atoms with Gasteiger partial charge in [-0.15, -0.1) is 0 Å². The Labute approximate surface area is 102 Å². The third-order valence-corrected chi connectivity index (χ3v) is 2.78. The number of aromatic hydroxyl groups is 1. The summed E-state index contributed by atoms with van der Waals surface area (Å²) in [6.45, 7) is 2.17. The third-order valence-electron chi connectivity index (χ3n) is 2.78. The lowest BCUT2D eigenvalue weighted by molar-refractivity contribution is -0.139. The average Bonchev–Trinajstić information content (AvgIpc) is 2.33. The van der Waals surface area contributed by atoms with Crippen molar-refractivity contribution in [2.24, 2.45) is 0 Å². The first kappa shape index (κ1) is 13.6. The van der Waals surface area contributed by atoms with Crippen molar-refractivity contribution in [2.45, 2.75) is 39.0 Å². The molecule has 0 aromatic heterocycles. The van der Waals surface area contributed by atoms with Crippen LogP contribution in [0.15, 0.2) is 18.2 Å². The van der Waals surface area contributed by atoms with E-state index in [0.717, 1.165) is 18.4 Å². The number of hydrogen-bond acceptors (Lipinski definition) is 3. The van der Waals surface area contributed by atoms with Crippen molar-refractivity contribution < 1.29 is 14.6 Å². The van der Waals surface area contributed by atoms with Gasteiger partial charge in [-0.3, -0.25) is 4.79 Å². The zero-order chi connectivity index (χ0) is 12.7. The number of carbonyl (C=O) groups excluding carboxylic acids is 1. The van der Waals surface area contributed by atoms with Crippen LogP contribution in [0.1, 0.15) is 37.3 Å². The summed E-state index contributed by atoms with van der Waals surface area (Å²) in [4.78, 5) is 11.2. The highest BCUT2D eigenvalue weighted by atomic mass is 16.5. The quantitative estimate of drug-likeness (QED) is 0.610. The summed E-state index contributed by atoms with van der Waals surface area (Å²) in [5.41, 5.74) is 1.81. The van der Waals surface area contributed by atoms with Crippen molar-refractivity contribution in [1.82, 2.24) is 0 Å². The molecule has 1 aromatic carbocycles. The second-order valence-electron chi connectivity index (χ2n) is 4.17. The van der Waals surface area contributed by atoms with Crippen LogP contribution in [0.2, 0.25) is 0 Å². The van der Waals surface area contributed by atoms with E-state index >= 15 is 0 Å². The Bertz CT molecular complexity index is 372. The molecule has 0 amide bonds. The molecule has 1 aromatic rings. The van der Waals surface area contributed by atoms with Crippen molar-refractivity contribution in [3.8, 4) is 5.75 Å². The summed E-state index contributed by atoms with van der Waals surface area (Å²) in [6, 6.07) is 5.45. The van der Waals surface area contributed by atoms with E-state index in [1.54, 1.807) is 6.07 Å². The Morgan fingerprint density at radius 3 is 2.76 bits per heavy atom. The molecule has 3 nitrogen and oxygen atoms in total. The number of unbranched alkanes of at least 4 members (excludes halogenated alkanes) is 2. The predicted octanol–water partition coefficient (Wildman–Crippen LogP) is 2.84. The summed E-state index contributed by atoms with van der Waals surface area (Å²) >= 11 is 0. The zero-order valence-corrected chi connectivity index (χ0v) is 10.5. The van der Waals surface area contributed by atoms with E-state index in [-0.39, 0.29) is 18.1 Å². The van der Waals surface area contributed by atoms with Gasteiger partial charge in [0.2, 0.25) is 0 Å². The van der Waals surface area contributed by atoms with Gasteiger partial charge in [0.1, 0.15) is 5.75 Å². The lowest BCUT2D eigenvalue weighted by Gasteiger charge is -2.07. The highest BCUT2D eigenvalue weighted by molar-refractivity contribution is 5.73. The normalized spacial score (nSPS) is 10.2. The van der Waals surface area contributed by atoms with Gasteiger partial charge in [-0.1, -0.05) is 31.9 Å². The Morgan fingerprint density at radius 1 is 1.35 bits per heavy atom. The van der Waals surface area contributed by atoms with Crippen molar-refractivity contribution in [2.75, 3.05) is 7.11 Å². The summed E-state index contributed by atoms with van der Waals surface area (Å²) in [6.07, 6.45) is 4.64. The Morgan fingerprint density at radius 2 is 2.12 bits per heavy atom. The lowest BCUT2D eigenvalue weighted by atomic mass is 10.0. The highest BCUT2D eigenvalue weighted by Gasteiger charge is 2.08. The standard InChI is InChI=1S/C14H20O3/c1-3-4-5-6-11-7-8-13(15)12(9-11)10-14(16)17-2/h7-9,15H,3-6,10H2,1-2H3. The van der Waals surface area contributed by atoms with Gasteiger partial charge in [-0.25, -0.2) is 0 Å². The van der Waals surface area contributed by atoms with Crippen LogP contribution < -0.4 is 0 Å². The molecule has 1 rings (SSSR count). The van der Waals surface area contributed by atoms with Crippen molar-refractivity contribution in [3.05, 3.63) is 29.3 Å². The minimum absolute atomic E-state index is 0.129. The molecule has 0 spiro atoms. The molecule has 0 radical (unpaired) electrons. The number of aryl methyl sites for hydroxylation is 1. The molecule has 0 aliphatic carbocycles. The number of hydrogen-bond donors (Lipinski definition) is 1. The molecule has 0 fully saturated rings. The van der Waals surface area contributed by atoms with Gasteiger partial charge < -0.3 is 9.84 Å². The second kappa shape index (κ2) is 6.94. The van der Waals surface area contributed by atoms with Gasteiger partial charge in [0.15, 0.2) is 0 Å². The minimum atomic E-state index is -0.328. The van der Waals surface area contributed by atoms with Crippen LogP contribution in [-0.2, 0) is 22.4 Å². The van der Waals surface area contributed by atoms with Crippen molar-refractivity contribution in [3.63, 3.8) is 0 Å². The number of ether oxygens (including phenoxy) is 1. The molecule has 0 aliphatic rings. The Kier molecular flexibility index (Phi) is 5.53. The van der Waals surface area contributed by atoms with Crippen LogP contribution in [0.25, 0.3) is 0 Å². The maximum Gasteiger partial charge on any atom is 0.310 e. The van der Waals surface area contributed by atoms with E-state index in [4.69, 9.17) is 0 Å². The SMILES string of the molecule is CCCCCc1ccc(O)c(CC(=O)OC)c1. The number of phenols is 1. The first-order valence-electron chi connectivity index (χ1n) is 6.05. The fourth-order valence-electron chi connectivity index (χ4n) is 1.74. The van der Waals surface area contributed by atoms with Crippen LogP contribution in [0.3, 0.4) is 0 Å². The van der Waals surface area contributed by atoms with Gasteiger partial charge in [0.05, 0.1) is 13.5 Å². The average molecular weight is 236 g/mol. The van der Waals surface area contributed by atoms with E-state index in [0.29, 0.717) is 5.56 Å². The van der Waals surface area contributed by atoms with Gasteiger partial charge >= 0.3 is 5.97 Å². The molecule has 0 bridgehead atoms. The molecule has 0 unspecified atom stereocenters. The number of esters is 1. The third kappa shape index (κ3) is 4.47. The molecule has 0 atom stereocenters. The van der Waals surface area contributed by atoms with Gasteiger partial charge in [0, 0.05) is 5.56 Å². The number of carbonyl (C=O) groups is 1. The van der Waals surface area contributed by atoms with E-state index in [2.05, 4.69) is 11.7 Å². The summed E-state index contributed by atoms with van der Waals surface area (Å²) < 4.78 is 4.60. The maximum atomic E-state index is 11.2. The van der Waals surface area contributed by atoms with Crippen molar-refractivity contribution in [1.29, 1.82) is 0 Å². The number of rotatable bonds is 6. The summed E-state index contributed by atoms with van der Waals surface area (Å²) in [7, 11) is 1.35. The fraction of sp³-hybridized carbons (Fsp3) is 0.500. The van der Waals surface area contributed by atoms with Gasteiger partial charge in [0.25, 0.3) is 0 Å². The largest absolute Gasteiger partial charge is 0.508 e. The van der Waals surface area contributed by atoms with Crippen LogP contribution in [0.4, 0.5) is 0 Å². The number of phenolic OH excluding ortho intramolecular Hbond substituents is 1. The zero-order valence-electron chi connectivity index (χ0n) is 10.5. The molecule has 0 saturated heterocycles. The Balaban J connectivity index is 2.68. The smallest absolute Gasteiger partial charge is 0.310 e. The van der Waals surface area contributed by atoms with Crippen LogP contribution in [0.5, 0.6) is 5.75 Å². The molecular weight excluding hydrogens is 216 g/mol. The van der Waals surface area contributed by atoms with Crippen molar-refractivity contribution >= 4 is 5.97 Å². The first-order valence-corrected chi connectivity index (χ1v) is 6.05. The predicted molar refractivity (Wildman–Crippen MR) is 67.1 cm³/mol. The van der Waals surface area contributed by atoms with E-state index in [1.807, 2.05) is 12.1 Å². The molecule has 0 heterocycles. The molecule has 0 aliphatic heterocycles. The van der Waals surface area contributed by atoms with Crippen LogP contribution >= 0.6 is 0 Å². The number of benzene rings is 1. The first-order chi connectivity index (χ1) is 8.17. The molecule has 1 N–H and O–H groups in total. The molecule has 17 heavy (non-hydrogen) atoms. The maximum absolute atomic E-state index is 11.2. The Hall–Kier alpha value is -1.51. The fourth-order valence-corrected chi connectivity index (χ4v) is 1.74. The summed E-state index contributed by atoms with van der Waals surface area (Å²) in [5.74, 6) is -0.166. The van der Waals surface area contributed by atoms with Crippen LogP contribution in [0, 0.1) is 0 Å². The van der Waals surface area contributed by atoms with Gasteiger partial charge in [-0.05, 0) is 24.5 Å². The topological polar surface area (TPSA) is 46.5 Å². The molecule has 94 valence electrons. The highest BCUT2D eigenvalue weighted by Crippen LogP contribution is 2.20. The molecule has 0 saturated carbocycles. The molecular formula is C14H20O3. The second-order valence-corrected chi connectivity index (χ2v) is 4.17. The number of methoxy groups -OCH3 is 1. The minimum Gasteiger partial charge on any atom is -0.508 e. The lowest BCUT2D eigenvalue weighted by Crippen LogP contribution is -2.05. The van der Waals surface area contributed by atoms with Gasteiger partial charge in [-0.2, -0.15) is 0 Å². The summed E-state index contributed by atoms with van der Waals surface area (Å²) in [5, 5.41) is 9.64.